The van der Waals surface area contributed by atoms with Gasteiger partial charge in [0, 0.05) is 30.0 Å². The number of thiazole rings is 1. The quantitative estimate of drug-likeness (QED) is 0.643. The van der Waals surface area contributed by atoms with Gasteiger partial charge in [0.25, 0.3) is 5.91 Å². The molecule has 0 spiro atoms. The topological polar surface area (TPSA) is 86.2 Å². The lowest BCUT2D eigenvalue weighted by Crippen LogP contribution is -2.26. The first-order chi connectivity index (χ1) is 13.2. The van der Waals surface area contributed by atoms with Gasteiger partial charge in [0.05, 0.1) is 19.4 Å². The Labute approximate surface area is 161 Å². The van der Waals surface area contributed by atoms with Crippen LogP contribution in [-0.4, -0.2) is 41.3 Å². The highest BCUT2D eigenvalue weighted by Crippen LogP contribution is 2.25. The van der Waals surface area contributed by atoms with Crippen molar-refractivity contribution in [2.75, 3.05) is 20.3 Å². The Hall–Kier alpha value is -3.00. The molecule has 0 saturated carbocycles. The van der Waals surface area contributed by atoms with E-state index in [0.717, 1.165) is 22.0 Å². The van der Waals surface area contributed by atoms with Crippen LogP contribution >= 0.6 is 11.3 Å². The van der Waals surface area contributed by atoms with Gasteiger partial charge in [-0.15, -0.1) is 21.5 Å². The van der Waals surface area contributed by atoms with Crippen molar-refractivity contribution in [1.29, 1.82) is 0 Å². The Morgan fingerprint density at radius 3 is 2.63 bits per heavy atom. The molecule has 3 aromatic rings. The normalized spacial score (nSPS) is 10.4. The number of nitrogens with zero attached hydrogens (tertiary/aromatic N) is 3. The second-order valence-electron chi connectivity index (χ2n) is 5.57. The Morgan fingerprint density at radius 2 is 1.96 bits per heavy atom. The number of carbonyl (C=O) groups excluding carboxylic acids is 1. The third kappa shape index (κ3) is 5.01. The molecule has 8 heteroatoms. The van der Waals surface area contributed by atoms with Crippen molar-refractivity contribution >= 4 is 17.2 Å². The van der Waals surface area contributed by atoms with Gasteiger partial charge >= 0.3 is 0 Å². The average molecular weight is 384 g/mol. The molecule has 0 aliphatic heterocycles. The highest BCUT2D eigenvalue weighted by atomic mass is 32.1. The molecule has 2 heterocycles. The maximum absolute atomic E-state index is 12.1. The molecule has 7 nitrogen and oxygen atoms in total. The lowest BCUT2D eigenvalue weighted by Gasteiger charge is -2.04. The monoisotopic (exact) mass is 384 g/mol. The molecule has 0 aliphatic rings. The molecular weight excluding hydrogens is 364 g/mol. The Bertz CT molecular complexity index is 879. The first-order valence-corrected chi connectivity index (χ1v) is 9.41. The van der Waals surface area contributed by atoms with Gasteiger partial charge in [-0.25, -0.2) is 4.98 Å². The molecule has 0 fully saturated rings. The van der Waals surface area contributed by atoms with Crippen molar-refractivity contribution in [3.05, 3.63) is 53.2 Å². The fourth-order valence-corrected chi connectivity index (χ4v) is 3.21. The summed E-state index contributed by atoms with van der Waals surface area (Å²) >= 11 is 1.58. The Balaban J connectivity index is 1.51. The molecule has 0 saturated heterocycles. The molecule has 0 unspecified atom stereocenters. The second-order valence-corrected chi connectivity index (χ2v) is 6.43. The molecule has 140 valence electrons. The summed E-state index contributed by atoms with van der Waals surface area (Å²) in [5, 5.41) is 13.5. The minimum absolute atomic E-state index is 0.260. The number of benzene rings is 1. The van der Waals surface area contributed by atoms with Crippen LogP contribution in [-0.2, 0) is 6.42 Å². The first-order valence-electron chi connectivity index (χ1n) is 8.53. The van der Waals surface area contributed by atoms with E-state index in [1.807, 2.05) is 36.6 Å². The Morgan fingerprint density at radius 1 is 1.15 bits per heavy atom. The SMILES string of the molecule is CCOc1ccc(C(=O)NCCc2csc(-c3ccc(OC)cc3)n2)nn1. The highest BCUT2D eigenvalue weighted by Gasteiger charge is 2.09. The Kier molecular flexibility index (Phi) is 6.32. The predicted molar refractivity (Wildman–Crippen MR) is 103 cm³/mol. The summed E-state index contributed by atoms with van der Waals surface area (Å²) in [6, 6.07) is 11.0. The lowest BCUT2D eigenvalue weighted by atomic mass is 10.2. The zero-order chi connectivity index (χ0) is 19.1. The molecule has 1 amide bonds. The van der Waals surface area contributed by atoms with Crippen molar-refractivity contribution < 1.29 is 14.3 Å². The molecule has 0 radical (unpaired) electrons. The van der Waals surface area contributed by atoms with E-state index in [1.54, 1.807) is 30.6 Å². The van der Waals surface area contributed by atoms with E-state index in [9.17, 15) is 4.79 Å². The maximum Gasteiger partial charge on any atom is 0.271 e. The number of aromatic nitrogens is 3. The number of hydrogen-bond acceptors (Lipinski definition) is 7. The number of rotatable bonds is 8. The largest absolute Gasteiger partial charge is 0.497 e. The summed E-state index contributed by atoms with van der Waals surface area (Å²) in [6.07, 6.45) is 0.642. The summed E-state index contributed by atoms with van der Waals surface area (Å²) < 4.78 is 10.4. The van der Waals surface area contributed by atoms with Gasteiger partial charge in [0.2, 0.25) is 5.88 Å². The molecule has 27 heavy (non-hydrogen) atoms. The van der Waals surface area contributed by atoms with Crippen LogP contribution in [0, 0.1) is 0 Å². The fourth-order valence-electron chi connectivity index (χ4n) is 2.35. The molecular formula is C19H20N4O3S. The number of carbonyl (C=O) groups is 1. The summed E-state index contributed by atoms with van der Waals surface area (Å²) in [6.45, 7) is 2.84. The van der Waals surface area contributed by atoms with Gasteiger partial charge in [0.1, 0.15) is 10.8 Å². The van der Waals surface area contributed by atoms with Crippen LogP contribution in [0.5, 0.6) is 11.6 Å². The first kappa shape index (κ1) is 18.8. The summed E-state index contributed by atoms with van der Waals surface area (Å²) in [5.41, 5.74) is 2.24. The summed E-state index contributed by atoms with van der Waals surface area (Å²) in [7, 11) is 1.64. The van der Waals surface area contributed by atoms with Gasteiger partial charge < -0.3 is 14.8 Å². The molecule has 3 rings (SSSR count). The molecule has 1 aromatic carbocycles. The van der Waals surface area contributed by atoms with Gasteiger partial charge in [-0.1, -0.05) is 0 Å². The van der Waals surface area contributed by atoms with Crippen molar-refractivity contribution in [3.8, 4) is 22.2 Å². The number of ether oxygens (including phenoxy) is 2. The van der Waals surface area contributed by atoms with Crippen molar-refractivity contribution in [3.63, 3.8) is 0 Å². The van der Waals surface area contributed by atoms with Crippen molar-refractivity contribution in [2.24, 2.45) is 0 Å². The maximum atomic E-state index is 12.1. The smallest absolute Gasteiger partial charge is 0.271 e. The van der Waals surface area contributed by atoms with Crippen LogP contribution in [0.3, 0.4) is 0 Å². The molecule has 1 N–H and O–H groups in total. The lowest BCUT2D eigenvalue weighted by molar-refractivity contribution is 0.0948. The van der Waals surface area contributed by atoms with E-state index in [0.29, 0.717) is 25.5 Å². The summed E-state index contributed by atoms with van der Waals surface area (Å²) in [5.74, 6) is 0.953. The molecule has 0 bridgehead atoms. The highest BCUT2D eigenvalue weighted by molar-refractivity contribution is 7.13. The van der Waals surface area contributed by atoms with E-state index < -0.39 is 0 Å². The second kappa shape index (κ2) is 9.09. The predicted octanol–water partition coefficient (Wildman–Crippen LogP) is 2.98. The van der Waals surface area contributed by atoms with E-state index in [1.165, 1.54) is 0 Å². The van der Waals surface area contributed by atoms with Crippen LogP contribution in [0.4, 0.5) is 0 Å². The number of nitrogens with one attached hydrogen (secondary N) is 1. The molecule has 2 aromatic heterocycles. The zero-order valence-corrected chi connectivity index (χ0v) is 16.0. The van der Waals surface area contributed by atoms with E-state index in [4.69, 9.17) is 9.47 Å². The zero-order valence-electron chi connectivity index (χ0n) is 15.1. The third-order valence-electron chi connectivity index (χ3n) is 3.72. The molecule has 0 aliphatic carbocycles. The van der Waals surface area contributed by atoms with Crippen molar-refractivity contribution in [2.45, 2.75) is 13.3 Å². The van der Waals surface area contributed by atoms with Crippen LogP contribution < -0.4 is 14.8 Å². The number of amides is 1. The van der Waals surface area contributed by atoms with Gasteiger partial charge in [0.15, 0.2) is 5.69 Å². The average Bonchev–Trinajstić information content (AvgIpc) is 3.18. The van der Waals surface area contributed by atoms with Gasteiger partial charge in [-0.3, -0.25) is 4.79 Å². The van der Waals surface area contributed by atoms with Crippen molar-refractivity contribution in [1.82, 2.24) is 20.5 Å². The summed E-state index contributed by atoms with van der Waals surface area (Å²) in [4.78, 5) is 16.7. The van der Waals surface area contributed by atoms with Crippen LogP contribution in [0.2, 0.25) is 0 Å². The van der Waals surface area contributed by atoms with E-state index in [2.05, 4.69) is 20.5 Å². The van der Waals surface area contributed by atoms with Gasteiger partial charge in [-0.05, 0) is 37.3 Å². The van der Waals surface area contributed by atoms with Gasteiger partial charge in [-0.2, -0.15) is 0 Å². The standard InChI is InChI=1S/C19H20N4O3S/c1-3-26-17-9-8-16(22-23-17)18(24)20-11-10-14-12-27-19(21-14)13-4-6-15(25-2)7-5-13/h4-9,12H,3,10-11H2,1-2H3,(H,20,24). The van der Waals surface area contributed by atoms with E-state index in [-0.39, 0.29) is 11.6 Å². The molecule has 0 atom stereocenters. The van der Waals surface area contributed by atoms with Crippen LogP contribution in [0.25, 0.3) is 10.6 Å². The van der Waals surface area contributed by atoms with E-state index >= 15 is 0 Å². The number of methoxy groups -OCH3 is 1. The van der Waals surface area contributed by atoms with Crippen LogP contribution in [0.15, 0.2) is 41.8 Å². The van der Waals surface area contributed by atoms with Crippen LogP contribution in [0.1, 0.15) is 23.1 Å². The third-order valence-corrected chi connectivity index (χ3v) is 4.66. The fraction of sp³-hybridized carbons (Fsp3) is 0.263. The minimum Gasteiger partial charge on any atom is -0.497 e. The number of hydrogen-bond donors (Lipinski definition) is 1. The minimum atomic E-state index is -0.267.